The van der Waals surface area contributed by atoms with Crippen molar-refractivity contribution < 1.29 is 14.0 Å². The fourth-order valence-corrected chi connectivity index (χ4v) is 2.92. The van der Waals surface area contributed by atoms with Gasteiger partial charge in [0.25, 0.3) is 0 Å². The van der Waals surface area contributed by atoms with Gasteiger partial charge in [-0.05, 0) is 55.3 Å². The third-order valence-electron chi connectivity index (χ3n) is 4.47. The molecule has 124 valence electrons. The van der Waals surface area contributed by atoms with Gasteiger partial charge in [0.05, 0.1) is 5.92 Å². The highest BCUT2D eigenvalue weighted by molar-refractivity contribution is 6.03. The number of nitrogens with zero attached hydrogens (tertiary/aromatic N) is 1. The highest BCUT2D eigenvalue weighted by Gasteiger charge is 2.35. The van der Waals surface area contributed by atoms with Gasteiger partial charge in [-0.15, -0.1) is 0 Å². The molecule has 0 spiro atoms. The maximum Gasteiger partial charge on any atom is 0.229 e. The van der Waals surface area contributed by atoms with Crippen LogP contribution < -0.4 is 10.2 Å². The molecule has 0 unspecified atom stereocenters. The third kappa shape index (κ3) is 3.15. The number of carbonyl (C=O) groups excluding carboxylic acids is 2. The molecule has 1 heterocycles. The molecule has 2 aromatic carbocycles. The number of hydrogen-bond donors (Lipinski definition) is 1. The average Bonchev–Trinajstić information content (AvgIpc) is 2.94. The van der Waals surface area contributed by atoms with Crippen LogP contribution in [0.2, 0.25) is 0 Å². The number of aryl methyl sites for hydroxylation is 1. The van der Waals surface area contributed by atoms with E-state index in [0.717, 1.165) is 16.8 Å². The third-order valence-corrected chi connectivity index (χ3v) is 4.47. The Hall–Kier alpha value is -2.69. The Kier molecular flexibility index (Phi) is 4.34. The highest BCUT2D eigenvalue weighted by atomic mass is 19.1. The molecule has 2 aromatic rings. The van der Waals surface area contributed by atoms with E-state index in [9.17, 15) is 14.0 Å². The van der Waals surface area contributed by atoms with Gasteiger partial charge in [-0.25, -0.2) is 4.39 Å². The number of halogens is 1. The van der Waals surface area contributed by atoms with Gasteiger partial charge in [0, 0.05) is 24.3 Å². The molecule has 0 bridgehead atoms. The molecule has 0 aromatic heterocycles. The Morgan fingerprint density at radius 3 is 2.58 bits per heavy atom. The van der Waals surface area contributed by atoms with Crippen molar-refractivity contribution in [2.75, 3.05) is 16.8 Å². The van der Waals surface area contributed by atoms with Gasteiger partial charge in [0.15, 0.2) is 0 Å². The predicted molar refractivity (Wildman–Crippen MR) is 91.4 cm³/mol. The number of hydrogen-bond acceptors (Lipinski definition) is 2. The van der Waals surface area contributed by atoms with Crippen molar-refractivity contribution in [3.05, 3.63) is 59.4 Å². The monoisotopic (exact) mass is 326 g/mol. The van der Waals surface area contributed by atoms with Crippen LogP contribution in [0.15, 0.2) is 42.5 Å². The SMILES string of the molecule is Cc1cccc(N2C[C@@H](C(=O)Nc3ccc(F)cc3)CC2=O)c1C. The van der Waals surface area contributed by atoms with E-state index in [-0.39, 0.29) is 24.1 Å². The first-order chi connectivity index (χ1) is 11.5. The molecule has 5 heteroatoms. The van der Waals surface area contributed by atoms with E-state index in [0.29, 0.717) is 12.2 Å². The highest BCUT2D eigenvalue weighted by Crippen LogP contribution is 2.29. The summed E-state index contributed by atoms with van der Waals surface area (Å²) < 4.78 is 12.9. The molecule has 3 rings (SSSR count). The predicted octanol–water partition coefficient (Wildman–Crippen LogP) is 3.43. The number of anilines is 2. The maximum absolute atomic E-state index is 12.9. The van der Waals surface area contributed by atoms with Crippen molar-refractivity contribution in [3.8, 4) is 0 Å². The van der Waals surface area contributed by atoms with Crippen LogP contribution in [-0.4, -0.2) is 18.4 Å². The zero-order chi connectivity index (χ0) is 17.3. The van der Waals surface area contributed by atoms with Crippen molar-refractivity contribution in [3.63, 3.8) is 0 Å². The zero-order valence-electron chi connectivity index (χ0n) is 13.7. The van der Waals surface area contributed by atoms with Crippen molar-refractivity contribution >= 4 is 23.2 Å². The van der Waals surface area contributed by atoms with Crippen LogP contribution >= 0.6 is 0 Å². The van der Waals surface area contributed by atoms with Crippen molar-refractivity contribution in [2.24, 2.45) is 5.92 Å². The van der Waals surface area contributed by atoms with Crippen LogP contribution in [0, 0.1) is 25.6 Å². The second kappa shape index (κ2) is 6.43. The van der Waals surface area contributed by atoms with Crippen LogP contribution in [0.3, 0.4) is 0 Å². The van der Waals surface area contributed by atoms with Crippen LogP contribution in [0.25, 0.3) is 0 Å². The Labute approximate surface area is 140 Å². The number of amides is 2. The lowest BCUT2D eigenvalue weighted by Crippen LogP contribution is -2.28. The standard InChI is InChI=1S/C19H19FN2O2/c1-12-4-3-5-17(13(12)2)22-11-14(10-18(22)23)19(24)21-16-8-6-15(20)7-9-16/h3-9,14H,10-11H2,1-2H3,(H,21,24)/t14-/m0/s1. The molecule has 1 aliphatic heterocycles. The number of nitrogens with one attached hydrogen (secondary N) is 1. The van der Waals surface area contributed by atoms with Gasteiger partial charge in [-0.2, -0.15) is 0 Å². The molecule has 24 heavy (non-hydrogen) atoms. The number of benzene rings is 2. The molecule has 4 nitrogen and oxygen atoms in total. The first-order valence-electron chi connectivity index (χ1n) is 7.88. The van der Waals surface area contributed by atoms with E-state index >= 15 is 0 Å². The van der Waals surface area contributed by atoms with Crippen LogP contribution in [0.4, 0.5) is 15.8 Å². The second-order valence-electron chi connectivity index (χ2n) is 6.12. The fourth-order valence-electron chi connectivity index (χ4n) is 2.92. The summed E-state index contributed by atoms with van der Waals surface area (Å²) in [6, 6.07) is 11.4. The molecule has 1 saturated heterocycles. The lowest BCUT2D eigenvalue weighted by molar-refractivity contribution is -0.122. The minimum atomic E-state index is -0.414. The lowest BCUT2D eigenvalue weighted by Gasteiger charge is -2.20. The number of carbonyl (C=O) groups is 2. The summed E-state index contributed by atoms with van der Waals surface area (Å²) in [6.07, 6.45) is 0.181. The molecular formula is C19H19FN2O2. The van der Waals surface area contributed by atoms with Gasteiger partial charge in [0.1, 0.15) is 5.82 Å². The fraction of sp³-hybridized carbons (Fsp3) is 0.263. The van der Waals surface area contributed by atoms with Gasteiger partial charge in [-0.1, -0.05) is 12.1 Å². The molecule has 2 amide bonds. The van der Waals surface area contributed by atoms with Gasteiger partial charge >= 0.3 is 0 Å². The summed E-state index contributed by atoms with van der Waals surface area (Å²) in [6.45, 7) is 4.33. The van der Waals surface area contributed by atoms with Crippen LogP contribution in [-0.2, 0) is 9.59 Å². The van der Waals surface area contributed by atoms with Crippen molar-refractivity contribution in [1.29, 1.82) is 0 Å². The second-order valence-corrected chi connectivity index (χ2v) is 6.12. The molecule has 1 atom stereocenters. The summed E-state index contributed by atoms with van der Waals surface area (Å²) in [7, 11) is 0. The van der Waals surface area contributed by atoms with E-state index in [1.165, 1.54) is 24.3 Å². The normalized spacial score (nSPS) is 17.2. The quantitative estimate of drug-likeness (QED) is 0.939. The summed E-state index contributed by atoms with van der Waals surface area (Å²) >= 11 is 0. The maximum atomic E-state index is 12.9. The molecule has 1 fully saturated rings. The van der Waals surface area contributed by atoms with E-state index in [4.69, 9.17) is 0 Å². The van der Waals surface area contributed by atoms with E-state index in [1.54, 1.807) is 4.90 Å². The Morgan fingerprint density at radius 2 is 1.88 bits per heavy atom. The zero-order valence-corrected chi connectivity index (χ0v) is 13.7. The Bertz CT molecular complexity index is 786. The van der Waals surface area contributed by atoms with Gasteiger partial charge in [0.2, 0.25) is 11.8 Å². The van der Waals surface area contributed by atoms with E-state index < -0.39 is 5.92 Å². The molecule has 0 aliphatic carbocycles. The summed E-state index contributed by atoms with van der Waals surface area (Å²) in [5.41, 5.74) is 3.54. The van der Waals surface area contributed by atoms with Gasteiger partial charge in [-0.3, -0.25) is 9.59 Å². The first-order valence-corrected chi connectivity index (χ1v) is 7.88. The topological polar surface area (TPSA) is 49.4 Å². The Balaban J connectivity index is 1.73. The summed E-state index contributed by atoms with van der Waals surface area (Å²) in [5, 5.41) is 2.75. The number of rotatable bonds is 3. The van der Waals surface area contributed by atoms with E-state index in [2.05, 4.69) is 5.32 Å². The molecule has 0 saturated carbocycles. The summed E-state index contributed by atoms with van der Waals surface area (Å²) in [5.74, 6) is -1.04. The molecular weight excluding hydrogens is 307 g/mol. The van der Waals surface area contributed by atoms with Crippen molar-refractivity contribution in [1.82, 2.24) is 0 Å². The molecule has 1 aliphatic rings. The molecule has 1 N–H and O–H groups in total. The van der Waals surface area contributed by atoms with Crippen molar-refractivity contribution in [2.45, 2.75) is 20.3 Å². The smallest absolute Gasteiger partial charge is 0.229 e. The first kappa shape index (κ1) is 16.2. The lowest BCUT2D eigenvalue weighted by atomic mass is 10.1. The van der Waals surface area contributed by atoms with E-state index in [1.807, 2.05) is 32.0 Å². The summed E-state index contributed by atoms with van der Waals surface area (Å²) in [4.78, 5) is 26.4. The Morgan fingerprint density at radius 1 is 1.17 bits per heavy atom. The van der Waals surface area contributed by atoms with Crippen LogP contribution in [0.5, 0.6) is 0 Å². The van der Waals surface area contributed by atoms with Crippen LogP contribution in [0.1, 0.15) is 17.5 Å². The van der Waals surface area contributed by atoms with Gasteiger partial charge < -0.3 is 10.2 Å². The molecule has 0 radical (unpaired) electrons. The minimum Gasteiger partial charge on any atom is -0.326 e. The average molecular weight is 326 g/mol. The minimum absolute atomic E-state index is 0.0528. The largest absolute Gasteiger partial charge is 0.326 e.